The second-order valence-electron chi connectivity index (χ2n) is 9.12. The van der Waals surface area contributed by atoms with Crippen molar-refractivity contribution in [2.75, 3.05) is 6.54 Å². The van der Waals surface area contributed by atoms with Gasteiger partial charge in [-0.15, -0.1) is 0 Å². The van der Waals surface area contributed by atoms with Gasteiger partial charge in [-0.3, -0.25) is 33.7 Å². The SMILES string of the molecule is CC(C)C(=O)[C@H](CCC(=O)O)CC(=O)[C@@H](NC(=O)CCCCCN1C(=O)C=CC1=O)C(C)C. The molecule has 2 N–H and O–H groups in total. The topological polar surface area (TPSA) is 138 Å². The van der Waals surface area contributed by atoms with Crippen LogP contribution in [0.15, 0.2) is 12.2 Å². The minimum Gasteiger partial charge on any atom is -0.481 e. The van der Waals surface area contributed by atoms with Gasteiger partial charge in [-0.25, -0.2) is 0 Å². The van der Waals surface area contributed by atoms with E-state index in [4.69, 9.17) is 5.11 Å². The lowest BCUT2D eigenvalue weighted by atomic mass is 9.84. The highest BCUT2D eigenvalue weighted by atomic mass is 16.4. The van der Waals surface area contributed by atoms with Gasteiger partial charge in [-0.2, -0.15) is 0 Å². The first-order valence-electron chi connectivity index (χ1n) is 11.5. The predicted octanol–water partition coefficient (Wildman–Crippen LogP) is 2.28. The van der Waals surface area contributed by atoms with Crippen LogP contribution >= 0.6 is 0 Å². The van der Waals surface area contributed by atoms with Gasteiger partial charge in [-0.05, 0) is 25.2 Å². The lowest BCUT2D eigenvalue weighted by Crippen LogP contribution is -2.45. The molecule has 0 saturated heterocycles. The van der Waals surface area contributed by atoms with E-state index >= 15 is 0 Å². The van der Waals surface area contributed by atoms with Crippen LogP contribution in [0.5, 0.6) is 0 Å². The number of aliphatic carboxylic acids is 1. The van der Waals surface area contributed by atoms with Crippen LogP contribution in [0.1, 0.15) is 72.6 Å². The number of carbonyl (C=O) groups excluding carboxylic acids is 5. The Hall–Kier alpha value is -2.84. The number of hydrogen-bond donors (Lipinski definition) is 2. The Balaban J connectivity index is 2.53. The van der Waals surface area contributed by atoms with Crippen LogP contribution in [0.3, 0.4) is 0 Å². The number of ketones is 2. The van der Waals surface area contributed by atoms with E-state index in [9.17, 15) is 28.8 Å². The van der Waals surface area contributed by atoms with Crippen molar-refractivity contribution in [1.29, 1.82) is 0 Å². The number of nitrogens with one attached hydrogen (secondary N) is 1. The summed E-state index contributed by atoms with van der Waals surface area (Å²) in [5.41, 5.74) is 0. The van der Waals surface area contributed by atoms with E-state index in [2.05, 4.69) is 5.32 Å². The molecule has 1 aliphatic rings. The number of nitrogens with zero attached hydrogens (tertiary/aromatic N) is 1. The number of imide groups is 1. The zero-order valence-electron chi connectivity index (χ0n) is 20.0. The molecule has 0 fully saturated rings. The highest BCUT2D eigenvalue weighted by Crippen LogP contribution is 2.20. The van der Waals surface area contributed by atoms with E-state index in [1.54, 1.807) is 27.7 Å². The standard InChI is InChI=1S/C24H36N2O7/c1-15(2)23(18(27)14-17(9-12-22(31)32)24(33)16(3)4)25-19(28)8-6-5-7-13-26-20(29)10-11-21(26)30/h10-11,15-17,23H,5-9,12-14H2,1-4H3,(H,25,28)(H,31,32)/t17-,23+/m1/s1. The molecule has 0 aromatic carbocycles. The van der Waals surface area contributed by atoms with Crippen molar-refractivity contribution >= 4 is 35.3 Å². The molecule has 2 atom stereocenters. The van der Waals surface area contributed by atoms with E-state index < -0.39 is 17.9 Å². The van der Waals surface area contributed by atoms with Crippen LogP contribution in [-0.4, -0.2) is 57.9 Å². The minimum absolute atomic E-state index is 0.0917. The quantitative estimate of drug-likeness (QED) is 0.264. The number of rotatable bonds is 16. The summed E-state index contributed by atoms with van der Waals surface area (Å²) in [7, 11) is 0. The van der Waals surface area contributed by atoms with Crippen LogP contribution in [0.2, 0.25) is 0 Å². The zero-order chi connectivity index (χ0) is 25.1. The van der Waals surface area contributed by atoms with Crippen LogP contribution in [0.4, 0.5) is 0 Å². The number of hydrogen-bond acceptors (Lipinski definition) is 6. The first kappa shape index (κ1) is 28.2. The van der Waals surface area contributed by atoms with Gasteiger partial charge >= 0.3 is 5.97 Å². The summed E-state index contributed by atoms with van der Waals surface area (Å²) in [6.07, 6.45) is 4.24. The fourth-order valence-electron chi connectivity index (χ4n) is 3.73. The van der Waals surface area contributed by atoms with E-state index in [1.165, 1.54) is 12.2 Å². The number of unbranched alkanes of at least 4 members (excludes halogenated alkanes) is 2. The monoisotopic (exact) mass is 464 g/mol. The molecule has 0 saturated carbocycles. The third-order valence-corrected chi connectivity index (χ3v) is 5.64. The Labute approximate surface area is 195 Å². The summed E-state index contributed by atoms with van der Waals surface area (Å²) in [4.78, 5) is 72.9. The Morgan fingerprint density at radius 1 is 0.939 bits per heavy atom. The molecular formula is C24H36N2O7. The molecular weight excluding hydrogens is 428 g/mol. The predicted molar refractivity (Wildman–Crippen MR) is 121 cm³/mol. The molecule has 1 aliphatic heterocycles. The molecule has 0 spiro atoms. The van der Waals surface area contributed by atoms with Crippen molar-refractivity contribution < 1.29 is 33.9 Å². The Morgan fingerprint density at radius 3 is 2.06 bits per heavy atom. The molecule has 0 aliphatic carbocycles. The third-order valence-electron chi connectivity index (χ3n) is 5.64. The molecule has 184 valence electrons. The van der Waals surface area contributed by atoms with Crippen LogP contribution < -0.4 is 5.32 Å². The lowest BCUT2D eigenvalue weighted by molar-refractivity contribution is -0.139. The number of Topliss-reactive ketones (excluding diaryl/α,β-unsaturated/α-hetero) is 2. The number of carboxylic acid groups (broad SMARTS) is 1. The fraction of sp³-hybridized carbons (Fsp3) is 0.667. The average Bonchev–Trinajstić information content (AvgIpc) is 3.05. The van der Waals surface area contributed by atoms with Crippen molar-refractivity contribution in [1.82, 2.24) is 10.2 Å². The molecule has 3 amide bonds. The Bertz CT molecular complexity index is 768. The van der Waals surface area contributed by atoms with E-state index in [0.29, 0.717) is 25.8 Å². The van der Waals surface area contributed by atoms with E-state index in [1.807, 2.05) is 0 Å². The van der Waals surface area contributed by atoms with Crippen molar-refractivity contribution in [2.24, 2.45) is 17.8 Å². The maximum absolute atomic E-state index is 12.9. The maximum Gasteiger partial charge on any atom is 0.303 e. The number of carboxylic acids is 1. The summed E-state index contributed by atoms with van der Waals surface area (Å²) < 4.78 is 0. The summed E-state index contributed by atoms with van der Waals surface area (Å²) in [6, 6.07) is -0.754. The molecule has 1 heterocycles. The fourth-order valence-corrected chi connectivity index (χ4v) is 3.73. The van der Waals surface area contributed by atoms with Crippen molar-refractivity contribution in [2.45, 2.75) is 78.7 Å². The molecule has 0 aromatic rings. The largest absolute Gasteiger partial charge is 0.481 e. The number of amides is 3. The van der Waals surface area contributed by atoms with Gasteiger partial charge in [0.1, 0.15) is 5.78 Å². The third kappa shape index (κ3) is 9.67. The van der Waals surface area contributed by atoms with Crippen molar-refractivity contribution in [3.63, 3.8) is 0 Å². The smallest absolute Gasteiger partial charge is 0.303 e. The van der Waals surface area contributed by atoms with Gasteiger partial charge in [0.15, 0.2) is 5.78 Å². The first-order chi connectivity index (χ1) is 15.4. The molecule has 0 bridgehead atoms. The minimum atomic E-state index is -1.02. The number of carbonyl (C=O) groups is 6. The summed E-state index contributed by atoms with van der Waals surface area (Å²) in [6.45, 7) is 7.35. The first-order valence-corrected chi connectivity index (χ1v) is 11.5. The van der Waals surface area contributed by atoms with Gasteiger partial charge in [0.05, 0.1) is 6.04 Å². The summed E-state index contributed by atoms with van der Waals surface area (Å²) >= 11 is 0. The Morgan fingerprint density at radius 2 is 1.55 bits per heavy atom. The highest BCUT2D eigenvalue weighted by molar-refractivity contribution is 6.12. The van der Waals surface area contributed by atoms with Gasteiger partial charge in [-0.1, -0.05) is 34.1 Å². The van der Waals surface area contributed by atoms with Crippen molar-refractivity contribution in [3.8, 4) is 0 Å². The van der Waals surface area contributed by atoms with Crippen molar-refractivity contribution in [3.05, 3.63) is 12.2 Å². The molecule has 0 unspecified atom stereocenters. The molecule has 9 nitrogen and oxygen atoms in total. The average molecular weight is 465 g/mol. The molecule has 9 heteroatoms. The van der Waals surface area contributed by atoms with Gasteiger partial charge in [0.2, 0.25) is 5.91 Å². The molecule has 0 radical (unpaired) electrons. The zero-order valence-corrected chi connectivity index (χ0v) is 20.0. The van der Waals surface area contributed by atoms with Gasteiger partial charge in [0, 0.05) is 49.8 Å². The van der Waals surface area contributed by atoms with Gasteiger partial charge < -0.3 is 10.4 Å². The second-order valence-corrected chi connectivity index (χ2v) is 9.12. The summed E-state index contributed by atoms with van der Waals surface area (Å²) in [5.74, 6) is -3.56. The molecule has 0 aromatic heterocycles. The van der Waals surface area contributed by atoms with E-state index in [-0.39, 0.29) is 66.8 Å². The van der Waals surface area contributed by atoms with E-state index in [0.717, 1.165) is 4.90 Å². The molecule has 1 rings (SSSR count). The van der Waals surface area contributed by atoms with Gasteiger partial charge in [0.25, 0.3) is 11.8 Å². The normalized spacial score (nSPS) is 15.3. The Kier molecular flexibility index (Phi) is 11.7. The highest BCUT2D eigenvalue weighted by Gasteiger charge is 2.30. The van der Waals surface area contributed by atoms with Crippen LogP contribution in [0, 0.1) is 17.8 Å². The van der Waals surface area contributed by atoms with Crippen LogP contribution in [-0.2, 0) is 28.8 Å². The lowest BCUT2D eigenvalue weighted by Gasteiger charge is -2.24. The molecule has 33 heavy (non-hydrogen) atoms. The second kappa shape index (κ2) is 13.6. The van der Waals surface area contributed by atoms with Crippen LogP contribution in [0.25, 0.3) is 0 Å². The summed E-state index contributed by atoms with van der Waals surface area (Å²) in [5, 5.41) is 11.7. The maximum atomic E-state index is 12.9.